The van der Waals surface area contributed by atoms with Crippen LogP contribution >= 0.6 is 0 Å². The minimum Gasteiger partial charge on any atom is -0.315 e. The summed E-state index contributed by atoms with van der Waals surface area (Å²) in [6.07, 6.45) is 8.24. The van der Waals surface area contributed by atoms with Gasteiger partial charge in [-0.1, -0.05) is 33.6 Å². The molecule has 0 bridgehead atoms. The zero-order valence-corrected chi connectivity index (χ0v) is 14.3. The zero-order valence-electron chi connectivity index (χ0n) is 14.3. The molecule has 1 aliphatic rings. The SMILES string of the molecule is CCN1CCCC1CN(C)CCCCCCNC(C)C. The van der Waals surface area contributed by atoms with Crippen molar-refractivity contribution in [1.82, 2.24) is 15.1 Å². The first kappa shape index (κ1) is 17.9. The highest BCUT2D eigenvalue weighted by molar-refractivity contribution is 4.80. The second-order valence-corrected chi connectivity index (χ2v) is 6.71. The third-order valence-corrected chi connectivity index (χ3v) is 4.45. The van der Waals surface area contributed by atoms with Crippen molar-refractivity contribution < 1.29 is 0 Å². The highest BCUT2D eigenvalue weighted by Crippen LogP contribution is 2.17. The highest BCUT2D eigenvalue weighted by atomic mass is 15.2. The Morgan fingerprint density at radius 2 is 1.95 bits per heavy atom. The van der Waals surface area contributed by atoms with Gasteiger partial charge in [-0.25, -0.2) is 0 Å². The lowest BCUT2D eigenvalue weighted by molar-refractivity contribution is 0.197. The number of unbranched alkanes of at least 4 members (excludes halogenated alkanes) is 3. The molecule has 0 aromatic carbocycles. The molecule has 0 spiro atoms. The summed E-state index contributed by atoms with van der Waals surface area (Å²) >= 11 is 0. The summed E-state index contributed by atoms with van der Waals surface area (Å²) in [4.78, 5) is 5.19. The van der Waals surface area contributed by atoms with Crippen LogP contribution in [0.1, 0.15) is 59.3 Å². The third kappa shape index (κ3) is 7.61. The van der Waals surface area contributed by atoms with Gasteiger partial charge in [0.2, 0.25) is 0 Å². The van der Waals surface area contributed by atoms with Gasteiger partial charge in [0.15, 0.2) is 0 Å². The summed E-state index contributed by atoms with van der Waals surface area (Å²) in [6, 6.07) is 1.45. The van der Waals surface area contributed by atoms with Gasteiger partial charge >= 0.3 is 0 Å². The first-order chi connectivity index (χ1) is 9.63. The van der Waals surface area contributed by atoms with E-state index in [0.29, 0.717) is 6.04 Å². The summed E-state index contributed by atoms with van der Waals surface area (Å²) < 4.78 is 0. The number of nitrogens with one attached hydrogen (secondary N) is 1. The van der Waals surface area contributed by atoms with Crippen molar-refractivity contribution in [1.29, 1.82) is 0 Å². The van der Waals surface area contributed by atoms with Gasteiger partial charge in [0.25, 0.3) is 0 Å². The van der Waals surface area contributed by atoms with Gasteiger partial charge in [0.1, 0.15) is 0 Å². The summed E-state index contributed by atoms with van der Waals surface area (Å²) in [5, 5.41) is 3.49. The normalized spacial score (nSPS) is 20.4. The van der Waals surface area contributed by atoms with Crippen molar-refractivity contribution in [3.8, 4) is 0 Å². The van der Waals surface area contributed by atoms with Crippen molar-refractivity contribution in [2.24, 2.45) is 0 Å². The van der Waals surface area contributed by atoms with Crippen LogP contribution in [0.3, 0.4) is 0 Å². The fraction of sp³-hybridized carbons (Fsp3) is 1.00. The van der Waals surface area contributed by atoms with E-state index in [4.69, 9.17) is 0 Å². The second kappa shape index (κ2) is 10.6. The Labute approximate surface area is 127 Å². The molecule has 0 aliphatic carbocycles. The van der Waals surface area contributed by atoms with Crippen LogP contribution in [0.4, 0.5) is 0 Å². The molecule has 0 saturated carbocycles. The lowest BCUT2D eigenvalue weighted by Gasteiger charge is -2.27. The molecule has 0 radical (unpaired) electrons. The van der Waals surface area contributed by atoms with Crippen LogP contribution in [0.5, 0.6) is 0 Å². The van der Waals surface area contributed by atoms with E-state index in [1.54, 1.807) is 0 Å². The van der Waals surface area contributed by atoms with E-state index in [0.717, 1.165) is 6.04 Å². The lowest BCUT2D eigenvalue weighted by atomic mass is 10.1. The minimum absolute atomic E-state index is 0.633. The summed E-state index contributed by atoms with van der Waals surface area (Å²) in [5.41, 5.74) is 0. The van der Waals surface area contributed by atoms with Gasteiger partial charge in [-0.2, -0.15) is 0 Å². The molecule has 1 rings (SSSR count). The van der Waals surface area contributed by atoms with E-state index in [1.165, 1.54) is 71.2 Å². The Morgan fingerprint density at radius 3 is 2.65 bits per heavy atom. The topological polar surface area (TPSA) is 18.5 Å². The maximum atomic E-state index is 3.49. The zero-order chi connectivity index (χ0) is 14.8. The largest absolute Gasteiger partial charge is 0.315 e. The summed E-state index contributed by atoms with van der Waals surface area (Å²) in [5.74, 6) is 0. The number of likely N-dealkylation sites (tertiary alicyclic amines) is 1. The molecular formula is C17H37N3. The molecule has 0 amide bonds. The number of hydrogen-bond donors (Lipinski definition) is 1. The van der Waals surface area contributed by atoms with Gasteiger partial charge in [0.05, 0.1) is 0 Å². The van der Waals surface area contributed by atoms with E-state index in [9.17, 15) is 0 Å². The first-order valence-corrected chi connectivity index (χ1v) is 8.79. The number of likely N-dealkylation sites (N-methyl/N-ethyl adjacent to an activating group) is 2. The molecular weight excluding hydrogens is 246 g/mol. The van der Waals surface area contributed by atoms with Gasteiger partial charge in [-0.05, 0) is 58.9 Å². The standard InChI is InChI=1S/C17H37N3/c1-5-20-14-10-11-17(20)15-19(4)13-9-7-6-8-12-18-16(2)3/h16-18H,5-15H2,1-4H3. The van der Waals surface area contributed by atoms with E-state index in [1.807, 2.05) is 0 Å². The Bertz CT molecular complexity index is 230. The molecule has 20 heavy (non-hydrogen) atoms. The van der Waals surface area contributed by atoms with Crippen LogP contribution < -0.4 is 5.32 Å². The van der Waals surface area contributed by atoms with E-state index in [2.05, 4.69) is 42.9 Å². The number of hydrogen-bond acceptors (Lipinski definition) is 3. The molecule has 3 heteroatoms. The van der Waals surface area contributed by atoms with Gasteiger partial charge in [-0.15, -0.1) is 0 Å². The minimum atomic E-state index is 0.633. The van der Waals surface area contributed by atoms with Crippen LogP contribution in [-0.4, -0.2) is 61.7 Å². The van der Waals surface area contributed by atoms with Gasteiger partial charge in [0, 0.05) is 18.6 Å². The van der Waals surface area contributed by atoms with Crippen LogP contribution in [-0.2, 0) is 0 Å². The fourth-order valence-electron chi connectivity index (χ4n) is 3.22. The fourth-order valence-corrected chi connectivity index (χ4v) is 3.22. The van der Waals surface area contributed by atoms with Gasteiger partial charge < -0.3 is 10.2 Å². The average Bonchev–Trinajstić information content (AvgIpc) is 2.84. The molecule has 1 aliphatic heterocycles. The van der Waals surface area contributed by atoms with Crippen molar-refractivity contribution in [3.63, 3.8) is 0 Å². The van der Waals surface area contributed by atoms with Crippen LogP contribution in [0.25, 0.3) is 0 Å². The average molecular weight is 284 g/mol. The van der Waals surface area contributed by atoms with Crippen molar-refractivity contribution in [2.75, 3.05) is 39.8 Å². The Hall–Kier alpha value is -0.120. The molecule has 0 aromatic rings. The van der Waals surface area contributed by atoms with Crippen LogP contribution in [0, 0.1) is 0 Å². The Kier molecular flexibility index (Phi) is 9.49. The molecule has 1 heterocycles. The maximum Gasteiger partial charge on any atom is 0.0223 e. The summed E-state index contributed by atoms with van der Waals surface area (Å²) in [7, 11) is 2.30. The number of rotatable bonds is 11. The van der Waals surface area contributed by atoms with Crippen LogP contribution in [0.2, 0.25) is 0 Å². The molecule has 1 N–H and O–H groups in total. The third-order valence-electron chi connectivity index (χ3n) is 4.45. The van der Waals surface area contributed by atoms with Crippen LogP contribution in [0.15, 0.2) is 0 Å². The Balaban J connectivity index is 1.96. The quantitative estimate of drug-likeness (QED) is 0.588. The van der Waals surface area contributed by atoms with E-state index in [-0.39, 0.29) is 0 Å². The lowest BCUT2D eigenvalue weighted by Crippen LogP contribution is -2.39. The van der Waals surface area contributed by atoms with Crippen molar-refractivity contribution in [2.45, 2.75) is 71.4 Å². The Morgan fingerprint density at radius 1 is 1.20 bits per heavy atom. The molecule has 1 saturated heterocycles. The molecule has 1 unspecified atom stereocenters. The second-order valence-electron chi connectivity index (χ2n) is 6.71. The smallest absolute Gasteiger partial charge is 0.0223 e. The van der Waals surface area contributed by atoms with Crippen molar-refractivity contribution in [3.05, 3.63) is 0 Å². The summed E-state index contributed by atoms with van der Waals surface area (Å²) in [6.45, 7) is 13.0. The highest BCUT2D eigenvalue weighted by Gasteiger charge is 2.23. The van der Waals surface area contributed by atoms with Gasteiger partial charge in [-0.3, -0.25) is 4.90 Å². The predicted octanol–water partition coefficient (Wildman–Crippen LogP) is 2.96. The first-order valence-electron chi connectivity index (χ1n) is 8.79. The molecule has 1 atom stereocenters. The van der Waals surface area contributed by atoms with E-state index < -0.39 is 0 Å². The molecule has 120 valence electrons. The number of nitrogens with zero attached hydrogens (tertiary/aromatic N) is 2. The molecule has 0 aromatic heterocycles. The monoisotopic (exact) mass is 283 g/mol. The van der Waals surface area contributed by atoms with Crippen molar-refractivity contribution >= 4 is 0 Å². The molecule has 3 nitrogen and oxygen atoms in total. The maximum absolute atomic E-state index is 3.49. The predicted molar refractivity (Wildman–Crippen MR) is 89.4 cm³/mol. The van der Waals surface area contributed by atoms with E-state index >= 15 is 0 Å². The molecule has 1 fully saturated rings.